The van der Waals surface area contributed by atoms with Crippen LogP contribution in [0.2, 0.25) is 0 Å². The van der Waals surface area contributed by atoms with E-state index in [1.54, 1.807) is 35.1 Å². The van der Waals surface area contributed by atoms with E-state index in [-0.39, 0.29) is 0 Å². The maximum Gasteiger partial charge on any atom is 0.416 e. The molecule has 0 unspecified atom stereocenters. The van der Waals surface area contributed by atoms with E-state index in [9.17, 15) is 23.1 Å². The molecule has 0 spiro atoms. The number of hydrogen-bond donors (Lipinski definition) is 1. The molecule has 0 saturated carbocycles. The van der Waals surface area contributed by atoms with Crippen LogP contribution in [0.1, 0.15) is 32.7 Å². The zero-order valence-corrected chi connectivity index (χ0v) is 17.3. The highest BCUT2D eigenvalue weighted by Crippen LogP contribution is 2.31. The van der Waals surface area contributed by atoms with Crippen LogP contribution in [-0.2, 0) is 29.6 Å². The normalized spacial score (nSPS) is 17.2. The monoisotopic (exact) mass is 445 g/mol. The third-order valence-electron chi connectivity index (χ3n) is 5.52. The molecule has 1 N–H and O–H groups in total. The van der Waals surface area contributed by atoms with Gasteiger partial charge in [0.05, 0.1) is 36.4 Å². The predicted octanol–water partition coefficient (Wildman–Crippen LogP) is 3.55. The summed E-state index contributed by atoms with van der Waals surface area (Å²) in [6, 6.07) is 12.0. The lowest BCUT2D eigenvalue weighted by atomic mass is 9.92. The minimum Gasteiger partial charge on any atom is -0.380 e. The Kier molecular flexibility index (Phi) is 5.89. The van der Waals surface area contributed by atoms with E-state index in [4.69, 9.17) is 4.74 Å². The summed E-state index contributed by atoms with van der Waals surface area (Å²) >= 11 is 0. The minimum atomic E-state index is -4.30. The fraction of sp³-hybridized carbons (Fsp3) is 0.304. The molecular weight excluding hydrogens is 423 g/mol. The molecule has 2 aliphatic heterocycles. The van der Waals surface area contributed by atoms with Crippen molar-refractivity contribution < 1.29 is 27.8 Å². The van der Waals surface area contributed by atoms with Crippen molar-refractivity contribution >= 4 is 6.29 Å². The van der Waals surface area contributed by atoms with Gasteiger partial charge in [-0.1, -0.05) is 24.3 Å². The van der Waals surface area contributed by atoms with Crippen LogP contribution < -0.4 is 0 Å². The van der Waals surface area contributed by atoms with Gasteiger partial charge < -0.3 is 9.84 Å². The van der Waals surface area contributed by atoms with Gasteiger partial charge in [0, 0.05) is 24.2 Å². The molecule has 0 amide bonds. The summed E-state index contributed by atoms with van der Waals surface area (Å²) in [4.78, 5) is 12.5. The van der Waals surface area contributed by atoms with E-state index in [0.717, 1.165) is 48.3 Å². The van der Waals surface area contributed by atoms with Crippen molar-refractivity contribution in [3.05, 3.63) is 82.7 Å². The Morgan fingerprint density at radius 1 is 1.06 bits per heavy atom. The van der Waals surface area contributed by atoms with Gasteiger partial charge in [-0.15, -0.1) is 0 Å². The Hall–Kier alpha value is -3.01. The fourth-order valence-corrected chi connectivity index (χ4v) is 3.66. The maximum absolute atomic E-state index is 12.5. The summed E-state index contributed by atoms with van der Waals surface area (Å²) in [5.41, 5.74) is 2.78. The Morgan fingerprint density at radius 2 is 1.72 bits per heavy atom. The number of carbonyl (C=O) groups is 1. The zero-order valence-electron chi connectivity index (χ0n) is 17.3. The lowest BCUT2D eigenvalue weighted by Crippen LogP contribution is -2.46. The van der Waals surface area contributed by atoms with Gasteiger partial charge >= 0.3 is 6.18 Å². The molecule has 1 aromatic heterocycles. The summed E-state index contributed by atoms with van der Waals surface area (Å²) in [6.45, 7) is 2.27. The fourth-order valence-electron chi connectivity index (χ4n) is 3.66. The molecule has 1 fully saturated rings. The van der Waals surface area contributed by atoms with Crippen molar-refractivity contribution in [3.8, 4) is 5.69 Å². The molecule has 5 rings (SSSR count). The van der Waals surface area contributed by atoms with Crippen LogP contribution in [0.25, 0.3) is 5.69 Å². The molecule has 0 bridgehead atoms. The molecule has 9 heteroatoms. The van der Waals surface area contributed by atoms with Crippen molar-refractivity contribution in [2.45, 2.75) is 24.9 Å². The lowest BCUT2D eigenvalue weighted by Gasteiger charge is -2.36. The molecular formula is C23H22F3N3O3. The standard InChI is InChI=1S/C13H12F3N3.C10H10O3/c1-18-7-9-6-17-19(12(9)8-18)11-4-2-10(3-5-11)13(14,15)16;11-5-8-1-3-9(4-2-8)10(12)6-13-7-10/h2-6H,7-8H2,1H3;1-5,12H,6-7H2. The summed E-state index contributed by atoms with van der Waals surface area (Å²) in [5, 5.41) is 14.1. The molecule has 2 aliphatic rings. The number of ether oxygens (including phenoxy) is 1. The van der Waals surface area contributed by atoms with Crippen LogP contribution >= 0.6 is 0 Å². The quantitative estimate of drug-likeness (QED) is 0.625. The first kappa shape index (κ1) is 22.2. The van der Waals surface area contributed by atoms with Crippen molar-refractivity contribution in [1.29, 1.82) is 0 Å². The summed E-state index contributed by atoms with van der Waals surface area (Å²) in [6.07, 6.45) is -1.74. The van der Waals surface area contributed by atoms with Gasteiger partial charge in [0.2, 0.25) is 0 Å². The average molecular weight is 445 g/mol. The summed E-state index contributed by atoms with van der Waals surface area (Å²) < 4.78 is 44.1. The van der Waals surface area contributed by atoms with Gasteiger partial charge in [-0.3, -0.25) is 9.69 Å². The third-order valence-corrected chi connectivity index (χ3v) is 5.52. The smallest absolute Gasteiger partial charge is 0.380 e. The molecule has 32 heavy (non-hydrogen) atoms. The van der Waals surface area contributed by atoms with Gasteiger partial charge in [-0.25, -0.2) is 4.68 Å². The molecule has 0 atom stereocenters. The number of aromatic nitrogens is 2. The summed E-state index contributed by atoms with van der Waals surface area (Å²) in [5.74, 6) is 0. The predicted molar refractivity (Wildman–Crippen MR) is 110 cm³/mol. The Morgan fingerprint density at radius 3 is 2.25 bits per heavy atom. The second-order valence-corrected chi connectivity index (χ2v) is 8.01. The third kappa shape index (κ3) is 4.45. The van der Waals surface area contributed by atoms with E-state index in [0.29, 0.717) is 24.5 Å². The largest absolute Gasteiger partial charge is 0.416 e. The second-order valence-electron chi connectivity index (χ2n) is 8.01. The van der Waals surface area contributed by atoms with E-state index in [1.165, 1.54) is 12.1 Å². The molecule has 0 aliphatic carbocycles. The summed E-state index contributed by atoms with van der Waals surface area (Å²) in [7, 11) is 2.00. The van der Waals surface area contributed by atoms with Gasteiger partial charge in [0.25, 0.3) is 0 Å². The average Bonchev–Trinajstić information content (AvgIpc) is 3.31. The molecule has 2 aromatic carbocycles. The SMILES string of the molecule is CN1Cc2cnn(-c3ccc(C(F)(F)F)cc3)c2C1.O=Cc1ccc(C2(O)COC2)cc1. The number of fused-ring (bicyclic) bond motifs is 1. The van der Waals surface area contributed by atoms with Crippen LogP contribution in [0.5, 0.6) is 0 Å². The van der Waals surface area contributed by atoms with Gasteiger partial charge in [-0.05, 0) is 36.9 Å². The van der Waals surface area contributed by atoms with Crippen LogP contribution in [0.4, 0.5) is 13.2 Å². The zero-order chi connectivity index (χ0) is 22.9. The Labute approximate surface area is 182 Å². The van der Waals surface area contributed by atoms with Crippen LogP contribution in [0.15, 0.2) is 54.7 Å². The molecule has 6 nitrogen and oxygen atoms in total. The minimum absolute atomic E-state index is 0.341. The van der Waals surface area contributed by atoms with Crippen molar-refractivity contribution in [2.75, 3.05) is 20.3 Å². The van der Waals surface area contributed by atoms with Gasteiger partial charge in [-0.2, -0.15) is 18.3 Å². The number of nitrogens with zero attached hydrogens (tertiary/aromatic N) is 3. The highest BCUT2D eigenvalue weighted by molar-refractivity contribution is 5.74. The number of carbonyl (C=O) groups excluding carboxylic acids is 1. The molecule has 0 radical (unpaired) electrons. The lowest BCUT2D eigenvalue weighted by molar-refractivity contribution is -0.184. The van der Waals surface area contributed by atoms with E-state index in [1.807, 2.05) is 7.05 Å². The number of rotatable bonds is 3. The maximum atomic E-state index is 12.5. The van der Waals surface area contributed by atoms with Gasteiger partial charge in [0.15, 0.2) is 0 Å². The number of aldehydes is 1. The van der Waals surface area contributed by atoms with Crippen molar-refractivity contribution in [1.82, 2.24) is 14.7 Å². The first-order valence-corrected chi connectivity index (χ1v) is 9.97. The highest BCUT2D eigenvalue weighted by atomic mass is 19.4. The number of hydrogen-bond acceptors (Lipinski definition) is 5. The molecule has 1 saturated heterocycles. The number of halogens is 3. The number of benzene rings is 2. The topological polar surface area (TPSA) is 67.6 Å². The number of aliphatic hydroxyl groups is 1. The molecule has 3 aromatic rings. The molecule has 168 valence electrons. The van der Waals surface area contributed by atoms with E-state index in [2.05, 4.69) is 10.00 Å². The Balaban J connectivity index is 0.000000165. The van der Waals surface area contributed by atoms with Crippen molar-refractivity contribution in [2.24, 2.45) is 0 Å². The first-order chi connectivity index (χ1) is 15.2. The first-order valence-electron chi connectivity index (χ1n) is 9.97. The van der Waals surface area contributed by atoms with Gasteiger partial charge in [0.1, 0.15) is 11.9 Å². The number of alkyl halides is 3. The van der Waals surface area contributed by atoms with Crippen LogP contribution in [0, 0.1) is 0 Å². The Bertz CT molecular complexity index is 1090. The highest BCUT2D eigenvalue weighted by Gasteiger charge is 2.37. The second kappa shape index (κ2) is 8.50. The van der Waals surface area contributed by atoms with Crippen molar-refractivity contribution in [3.63, 3.8) is 0 Å². The van der Waals surface area contributed by atoms with E-state index < -0.39 is 17.3 Å². The van der Waals surface area contributed by atoms with Crippen LogP contribution in [-0.4, -0.2) is 46.3 Å². The van der Waals surface area contributed by atoms with Crippen LogP contribution in [0.3, 0.4) is 0 Å². The van der Waals surface area contributed by atoms with E-state index >= 15 is 0 Å². The molecule has 3 heterocycles.